The second-order valence-corrected chi connectivity index (χ2v) is 5.21. The summed E-state index contributed by atoms with van der Waals surface area (Å²) in [7, 11) is 0. The molecule has 1 fully saturated rings. The summed E-state index contributed by atoms with van der Waals surface area (Å²) in [5.41, 5.74) is 0.601. The third kappa shape index (κ3) is 2.17. The molecule has 2 nitrogen and oxygen atoms in total. The van der Waals surface area contributed by atoms with Gasteiger partial charge in [-0.2, -0.15) is 0 Å². The molecule has 1 heterocycles. The highest BCUT2D eigenvalue weighted by Gasteiger charge is 2.51. The highest BCUT2D eigenvalue weighted by molar-refractivity contribution is 5.80. The molecule has 2 atom stereocenters. The molecular weight excluding hydrogens is 236 g/mol. The minimum absolute atomic E-state index is 0.0655. The first-order chi connectivity index (χ1) is 9.31. The lowest BCUT2D eigenvalue weighted by Gasteiger charge is -2.30. The Morgan fingerprint density at radius 3 is 2.95 bits per heavy atom. The van der Waals surface area contributed by atoms with Gasteiger partial charge < -0.3 is 4.74 Å². The Morgan fingerprint density at radius 1 is 1.26 bits per heavy atom. The first-order valence-corrected chi connectivity index (χ1v) is 6.67. The van der Waals surface area contributed by atoms with Crippen LogP contribution in [0.5, 0.6) is 0 Å². The van der Waals surface area contributed by atoms with Gasteiger partial charge in [-0.3, -0.25) is 4.79 Å². The van der Waals surface area contributed by atoms with E-state index in [0.717, 1.165) is 18.4 Å². The molecule has 0 bridgehead atoms. The molecule has 0 radical (unpaired) electrons. The van der Waals surface area contributed by atoms with Crippen molar-refractivity contribution < 1.29 is 9.53 Å². The van der Waals surface area contributed by atoms with Crippen molar-refractivity contribution in [2.24, 2.45) is 11.3 Å². The van der Waals surface area contributed by atoms with Crippen molar-refractivity contribution in [3.8, 4) is 11.8 Å². The first kappa shape index (κ1) is 12.0. The van der Waals surface area contributed by atoms with Gasteiger partial charge in [-0.05, 0) is 25.0 Å². The SMILES string of the molecule is O=C1OC[C@H]2CC=CC[C@@]12CC#Cc1ccccc1. The second kappa shape index (κ2) is 4.93. The van der Waals surface area contributed by atoms with Gasteiger partial charge in [-0.1, -0.05) is 42.2 Å². The van der Waals surface area contributed by atoms with Crippen LogP contribution in [0.2, 0.25) is 0 Å². The van der Waals surface area contributed by atoms with E-state index >= 15 is 0 Å². The van der Waals surface area contributed by atoms with Crippen molar-refractivity contribution >= 4 is 5.97 Å². The lowest BCUT2D eigenvalue weighted by molar-refractivity contribution is -0.146. The molecule has 2 aliphatic rings. The molecule has 1 aromatic carbocycles. The van der Waals surface area contributed by atoms with Crippen LogP contribution in [0.4, 0.5) is 0 Å². The lowest BCUT2D eigenvalue weighted by Crippen LogP contribution is -2.34. The smallest absolute Gasteiger partial charge is 0.313 e. The van der Waals surface area contributed by atoms with Crippen molar-refractivity contribution in [1.29, 1.82) is 0 Å². The Bertz CT molecular complexity index is 562. The maximum atomic E-state index is 12.0. The van der Waals surface area contributed by atoms with Crippen molar-refractivity contribution in [3.05, 3.63) is 48.0 Å². The summed E-state index contributed by atoms with van der Waals surface area (Å²) in [6, 6.07) is 9.88. The summed E-state index contributed by atoms with van der Waals surface area (Å²) in [6.07, 6.45) is 6.53. The monoisotopic (exact) mass is 252 g/mol. The third-order valence-electron chi connectivity index (χ3n) is 4.08. The molecule has 0 aromatic heterocycles. The highest BCUT2D eigenvalue weighted by atomic mass is 16.5. The van der Waals surface area contributed by atoms with Crippen molar-refractivity contribution in [3.63, 3.8) is 0 Å². The Balaban J connectivity index is 1.80. The zero-order valence-electron chi connectivity index (χ0n) is 10.8. The number of carbonyl (C=O) groups is 1. The van der Waals surface area contributed by atoms with Crippen LogP contribution in [0.25, 0.3) is 0 Å². The van der Waals surface area contributed by atoms with E-state index in [9.17, 15) is 4.79 Å². The number of carbonyl (C=O) groups excluding carboxylic acids is 1. The van der Waals surface area contributed by atoms with E-state index in [0.29, 0.717) is 18.9 Å². The minimum Gasteiger partial charge on any atom is -0.465 e. The van der Waals surface area contributed by atoms with Crippen LogP contribution in [0.3, 0.4) is 0 Å². The maximum Gasteiger partial charge on any atom is 0.313 e. The highest BCUT2D eigenvalue weighted by Crippen LogP contribution is 2.46. The Labute approximate surface area is 113 Å². The van der Waals surface area contributed by atoms with E-state index < -0.39 is 5.41 Å². The van der Waals surface area contributed by atoms with Gasteiger partial charge in [-0.25, -0.2) is 0 Å². The number of cyclic esters (lactones) is 1. The van der Waals surface area contributed by atoms with Crippen molar-refractivity contribution in [2.45, 2.75) is 19.3 Å². The van der Waals surface area contributed by atoms with E-state index in [4.69, 9.17) is 4.74 Å². The van der Waals surface area contributed by atoms with Crippen LogP contribution in [0.1, 0.15) is 24.8 Å². The fourth-order valence-corrected chi connectivity index (χ4v) is 2.86. The maximum absolute atomic E-state index is 12.0. The molecule has 1 aliphatic heterocycles. The number of hydrogen-bond acceptors (Lipinski definition) is 2. The Hall–Kier alpha value is -2.01. The van der Waals surface area contributed by atoms with Gasteiger partial charge in [0.25, 0.3) is 0 Å². The van der Waals surface area contributed by atoms with Crippen LogP contribution in [-0.4, -0.2) is 12.6 Å². The zero-order valence-corrected chi connectivity index (χ0v) is 10.8. The molecule has 96 valence electrons. The second-order valence-electron chi connectivity index (χ2n) is 5.21. The van der Waals surface area contributed by atoms with E-state index in [1.807, 2.05) is 30.3 Å². The predicted octanol–water partition coefficient (Wildman–Crippen LogP) is 2.94. The predicted molar refractivity (Wildman–Crippen MR) is 73.2 cm³/mol. The fourth-order valence-electron chi connectivity index (χ4n) is 2.86. The average Bonchev–Trinajstić information content (AvgIpc) is 2.78. The van der Waals surface area contributed by atoms with Gasteiger partial charge in [0.15, 0.2) is 0 Å². The van der Waals surface area contributed by atoms with Crippen LogP contribution >= 0.6 is 0 Å². The summed E-state index contributed by atoms with van der Waals surface area (Å²) in [5.74, 6) is 6.55. The molecule has 0 spiro atoms. The van der Waals surface area contributed by atoms with E-state index in [-0.39, 0.29) is 5.97 Å². The summed E-state index contributed by atoms with van der Waals surface area (Å²) >= 11 is 0. The normalized spacial score (nSPS) is 28.2. The van der Waals surface area contributed by atoms with Gasteiger partial charge in [-0.15, -0.1) is 0 Å². The Kier molecular flexibility index (Phi) is 3.13. The zero-order chi connectivity index (χ0) is 13.1. The molecule has 0 amide bonds. The molecule has 0 unspecified atom stereocenters. The molecule has 1 aliphatic carbocycles. The van der Waals surface area contributed by atoms with Crippen LogP contribution in [0, 0.1) is 23.2 Å². The molecule has 1 aromatic rings. The number of hydrogen-bond donors (Lipinski definition) is 0. The lowest BCUT2D eigenvalue weighted by atomic mass is 9.68. The average molecular weight is 252 g/mol. The number of fused-ring (bicyclic) bond motifs is 1. The first-order valence-electron chi connectivity index (χ1n) is 6.67. The van der Waals surface area contributed by atoms with Crippen LogP contribution < -0.4 is 0 Å². The molecule has 2 heteroatoms. The van der Waals surface area contributed by atoms with Crippen molar-refractivity contribution in [2.75, 3.05) is 6.61 Å². The van der Waals surface area contributed by atoms with Gasteiger partial charge in [0.1, 0.15) is 0 Å². The molecule has 1 saturated heterocycles. The molecule has 3 rings (SSSR count). The standard InChI is InChI=1S/C17H16O2/c18-16-17(11-5-4-10-15(17)13-19-16)12-6-9-14-7-2-1-3-8-14/h1-5,7-8,15H,10-13H2/t15-,17+/m1/s1. The van der Waals surface area contributed by atoms with Gasteiger partial charge in [0.05, 0.1) is 12.0 Å². The van der Waals surface area contributed by atoms with Gasteiger partial charge >= 0.3 is 5.97 Å². The summed E-state index contributed by atoms with van der Waals surface area (Å²) < 4.78 is 5.26. The van der Waals surface area contributed by atoms with E-state index in [1.54, 1.807) is 0 Å². The topological polar surface area (TPSA) is 26.3 Å². The molecule has 19 heavy (non-hydrogen) atoms. The molecular formula is C17H16O2. The number of esters is 1. The molecule has 0 saturated carbocycles. The number of rotatable bonds is 1. The summed E-state index contributed by atoms with van der Waals surface area (Å²) in [4.78, 5) is 12.0. The van der Waals surface area contributed by atoms with Gasteiger partial charge in [0.2, 0.25) is 0 Å². The number of ether oxygens (including phenoxy) is 1. The fraction of sp³-hybridized carbons (Fsp3) is 0.353. The largest absolute Gasteiger partial charge is 0.465 e. The van der Waals surface area contributed by atoms with E-state index in [2.05, 4.69) is 24.0 Å². The minimum atomic E-state index is -0.392. The summed E-state index contributed by atoms with van der Waals surface area (Å²) in [6.45, 7) is 0.552. The van der Waals surface area contributed by atoms with Gasteiger partial charge in [0, 0.05) is 17.9 Å². The number of allylic oxidation sites excluding steroid dienone is 2. The summed E-state index contributed by atoms with van der Waals surface area (Å²) in [5, 5.41) is 0. The quantitative estimate of drug-likeness (QED) is 0.436. The Morgan fingerprint density at radius 2 is 2.11 bits per heavy atom. The van der Waals surface area contributed by atoms with Crippen molar-refractivity contribution in [1.82, 2.24) is 0 Å². The molecule has 0 N–H and O–H groups in total. The number of benzene rings is 1. The van der Waals surface area contributed by atoms with Crippen LogP contribution in [0.15, 0.2) is 42.5 Å². The van der Waals surface area contributed by atoms with Crippen LogP contribution in [-0.2, 0) is 9.53 Å². The van der Waals surface area contributed by atoms with E-state index in [1.165, 1.54) is 0 Å². The third-order valence-corrected chi connectivity index (χ3v) is 4.08.